The third-order valence-electron chi connectivity index (χ3n) is 1.62. The van der Waals surface area contributed by atoms with Crippen molar-refractivity contribution in [3.05, 3.63) is 12.4 Å². The van der Waals surface area contributed by atoms with E-state index in [1.54, 1.807) is 12.4 Å². The lowest BCUT2D eigenvalue weighted by molar-refractivity contribution is 0.143. The van der Waals surface area contributed by atoms with Crippen LogP contribution in [-0.4, -0.2) is 30.5 Å². The van der Waals surface area contributed by atoms with Crippen LogP contribution >= 0.6 is 0 Å². The fourth-order valence-corrected chi connectivity index (χ4v) is 1.07. The van der Waals surface area contributed by atoms with Crippen LogP contribution in [0, 0.1) is 0 Å². The molecule has 2 heterocycles. The zero-order valence-corrected chi connectivity index (χ0v) is 6.12. The standard InChI is InChI=1S/C6H9BN2O2/c1-2-10-7(11-3-1)6-4-8-9-5-6/h4-5H,1-3H2,(H,8,9). The van der Waals surface area contributed by atoms with E-state index in [0.29, 0.717) is 0 Å². The predicted octanol–water partition coefficient (Wildman–Crippen LogP) is -0.458. The molecule has 1 aromatic rings. The summed E-state index contributed by atoms with van der Waals surface area (Å²) in [5.74, 6) is 0. The molecule has 0 aliphatic carbocycles. The van der Waals surface area contributed by atoms with Crippen molar-refractivity contribution in [3.63, 3.8) is 0 Å². The van der Waals surface area contributed by atoms with Crippen LogP contribution < -0.4 is 5.46 Å². The summed E-state index contributed by atoms with van der Waals surface area (Å²) >= 11 is 0. The van der Waals surface area contributed by atoms with Crippen molar-refractivity contribution in [2.24, 2.45) is 0 Å². The molecule has 1 fully saturated rings. The fourth-order valence-electron chi connectivity index (χ4n) is 1.07. The Bertz CT molecular complexity index is 208. The zero-order valence-electron chi connectivity index (χ0n) is 6.12. The van der Waals surface area contributed by atoms with Gasteiger partial charge in [0.15, 0.2) is 0 Å². The molecule has 0 atom stereocenters. The molecule has 0 unspecified atom stereocenters. The highest BCUT2D eigenvalue weighted by molar-refractivity contribution is 6.61. The van der Waals surface area contributed by atoms with E-state index in [1.165, 1.54) is 0 Å². The maximum Gasteiger partial charge on any atom is 0.497 e. The van der Waals surface area contributed by atoms with Crippen LogP contribution in [0.5, 0.6) is 0 Å². The number of aromatic nitrogens is 2. The quantitative estimate of drug-likeness (QED) is 0.554. The largest absolute Gasteiger partial charge is 0.497 e. The van der Waals surface area contributed by atoms with E-state index in [-0.39, 0.29) is 7.12 Å². The van der Waals surface area contributed by atoms with Crippen molar-refractivity contribution in [1.82, 2.24) is 10.2 Å². The normalized spacial score (nSPS) is 18.7. The van der Waals surface area contributed by atoms with Gasteiger partial charge in [0, 0.05) is 31.1 Å². The molecular weight excluding hydrogens is 143 g/mol. The minimum atomic E-state index is -0.206. The van der Waals surface area contributed by atoms with Crippen molar-refractivity contribution in [2.45, 2.75) is 6.42 Å². The van der Waals surface area contributed by atoms with Crippen molar-refractivity contribution in [1.29, 1.82) is 0 Å². The van der Waals surface area contributed by atoms with E-state index in [9.17, 15) is 0 Å². The summed E-state index contributed by atoms with van der Waals surface area (Å²) in [6, 6.07) is 0. The summed E-state index contributed by atoms with van der Waals surface area (Å²) in [6.07, 6.45) is 4.49. The molecule has 1 aliphatic rings. The molecule has 0 saturated carbocycles. The van der Waals surface area contributed by atoms with Crippen LogP contribution in [0.15, 0.2) is 12.4 Å². The van der Waals surface area contributed by atoms with Crippen LogP contribution in [0.2, 0.25) is 0 Å². The second-order valence-electron chi connectivity index (χ2n) is 2.46. The average molecular weight is 152 g/mol. The monoisotopic (exact) mass is 152 g/mol. The summed E-state index contributed by atoms with van der Waals surface area (Å²) in [6.45, 7) is 1.55. The number of rotatable bonds is 1. The fraction of sp³-hybridized carbons (Fsp3) is 0.500. The number of aromatic amines is 1. The SMILES string of the molecule is c1n[nH]cc1B1OCCCO1. The molecule has 2 rings (SSSR count). The summed E-state index contributed by atoms with van der Waals surface area (Å²) in [5, 5.41) is 6.53. The van der Waals surface area contributed by atoms with Gasteiger partial charge in [0.1, 0.15) is 0 Å². The second-order valence-corrected chi connectivity index (χ2v) is 2.46. The minimum absolute atomic E-state index is 0.206. The van der Waals surface area contributed by atoms with Gasteiger partial charge in [-0.05, 0) is 6.42 Å². The molecular formula is C6H9BN2O2. The molecule has 58 valence electrons. The number of nitrogens with zero attached hydrogens (tertiary/aromatic N) is 1. The van der Waals surface area contributed by atoms with Gasteiger partial charge in [-0.1, -0.05) is 0 Å². The van der Waals surface area contributed by atoms with E-state index in [2.05, 4.69) is 10.2 Å². The van der Waals surface area contributed by atoms with Crippen molar-refractivity contribution in [2.75, 3.05) is 13.2 Å². The van der Waals surface area contributed by atoms with Gasteiger partial charge in [-0.15, -0.1) is 0 Å². The molecule has 4 nitrogen and oxygen atoms in total. The van der Waals surface area contributed by atoms with Crippen molar-refractivity contribution >= 4 is 12.6 Å². The molecule has 0 bridgehead atoms. The third-order valence-corrected chi connectivity index (χ3v) is 1.62. The van der Waals surface area contributed by atoms with E-state index >= 15 is 0 Å². The Labute approximate surface area is 65.0 Å². The Balaban J connectivity index is 2.04. The Kier molecular flexibility index (Phi) is 1.92. The van der Waals surface area contributed by atoms with Crippen LogP contribution in [0.1, 0.15) is 6.42 Å². The first-order valence-electron chi connectivity index (χ1n) is 3.69. The Morgan fingerprint density at radius 2 is 2.27 bits per heavy atom. The molecule has 0 amide bonds. The van der Waals surface area contributed by atoms with Crippen molar-refractivity contribution in [3.8, 4) is 0 Å². The molecule has 0 radical (unpaired) electrons. The van der Waals surface area contributed by atoms with Crippen LogP contribution in [0.3, 0.4) is 0 Å². The number of hydrogen-bond donors (Lipinski definition) is 1. The zero-order chi connectivity index (χ0) is 7.52. The Morgan fingerprint density at radius 1 is 1.45 bits per heavy atom. The van der Waals surface area contributed by atoms with Gasteiger partial charge in [0.2, 0.25) is 0 Å². The van der Waals surface area contributed by atoms with Crippen LogP contribution in [0.25, 0.3) is 0 Å². The summed E-state index contributed by atoms with van der Waals surface area (Å²) in [7, 11) is -0.206. The highest BCUT2D eigenvalue weighted by atomic mass is 16.6. The molecule has 11 heavy (non-hydrogen) atoms. The van der Waals surface area contributed by atoms with E-state index < -0.39 is 0 Å². The summed E-state index contributed by atoms with van der Waals surface area (Å²) in [4.78, 5) is 0. The van der Waals surface area contributed by atoms with Gasteiger partial charge in [0.05, 0.1) is 0 Å². The number of nitrogens with one attached hydrogen (secondary N) is 1. The molecule has 1 aromatic heterocycles. The number of H-pyrrole nitrogens is 1. The lowest BCUT2D eigenvalue weighted by Crippen LogP contribution is -2.40. The highest BCUT2D eigenvalue weighted by Gasteiger charge is 2.24. The lowest BCUT2D eigenvalue weighted by Gasteiger charge is -2.18. The lowest BCUT2D eigenvalue weighted by atomic mass is 9.80. The van der Waals surface area contributed by atoms with Gasteiger partial charge in [-0.3, -0.25) is 5.10 Å². The van der Waals surface area contributed by atoms with Gasteiger partial charge in [-0.25, -0.2) is 0 Å². The van der Waals surface area contributed by atoms with Crippen LogP contribution in [-0.2, 0) is 9.31 Å². The third kappa shape index (κ3) is 1.44. The van der Waals surface area contributed by atoms with Gasteiger partial charge < -0.3 is 9.31 Å². The van der Waals surface area contributed by atoms with Gasteiger partial charge >= 0.3 is 7.12 Å². The summed E-state index contributed by atoms with van der Waals surface area (Å²) < 4.78 is 10.7. The van der Waals surface area contributed by atoms with Gasteiger partial charge in [-0.2, -0.15) is 5.10 Å². The second kappa shape index (κ2) is 3.06. The minimum Gasteiger partial charge on any atom is -0.407 e. The maximum absolute atomic E-state index is 5.34. The van der Waals surface area contributed by atoms with Crippen molar-refractivity contribution < 1.29 is 9.31 Å². The maximum atomic E-state index is 5.34. The van der Waals surface area contributed by atoms with Crippen LogP contribution in [0.4, 0.5) is 0 Å². The number of hydrogen-bond acceptors (Lipinski definition) is 3. The predicted molar refractivity (Wildman–Crippen MR) is 40.5 cm³/mol. The van der Waals surface area contributed by atoms with E-state index in [4.69, 9.17) is 9.31 Å². The van der Waals surface area contributed by atoms with E-state index in [1.807, 2.05) is 0 Å². The first kappa shape index (κ1) is 6.88. The Hall–Kier alpha value is -0.805. The molecule has 5 heteroatoms. The highest BCUT2D eigenvalue weighted by Crippen LogP contribution is 1.99. The Morgan fingerprint density at radius 3 is 2.91 bits per heavy atom. The van der Waals surface area contributed by atoms with Gasteiger partial charge in [0.25, 0.3) is 0 Å². The smallest absolute Gasteiger partial charge is 0.407 e. The van der Waals surface area contributed by atoms with E-state index in [0.717, 1.165) is 25.1 Å². The first-order valence-corrected chi connectivity index (χ1v) is 3.69. The summed E-state index contributed by atoms with van der Waals surface area (Å²) in [5.41, 5.74) is 0.963. The molecule has 1 saturated heterocycles. The molecule has 0 aromatic carbocycles. The molecule has 1 N–H and O–H groups in total. The molecule has 1 aliphatic heterocycles. The molecule has 0 spiro atoms. The topological polar surface area (TPSA) is 47.1 Å². The average Bonchev–Trinajstić information content (AvgIpc) is 2.58. The first-order chi connectivity index (χ1) is 5.47.